The highest BCUT2D eigenvalue weighted by molar-refractivity contribution is 7.15. The molecular formula is C21H21FN4O2S. The first-order chi connectivity index (χ1) is 14.1. The van der Waals surface area contributed by atoms with Crippen LogP contribution >= 0.6 is 11.3 Å². The average molecular weight is 412 g/mol. The molecule has 29 heavy (non-hydrogen) atoms. The number of aryl methyl sites for hydroxylation is 1. The number of likely N-dealkylation sites (tertiary alicyclic amines) is 1. The summed E-state index contributed by atoms with van der Waals surface area (Å²) in [7, 11) is 0. The Bertz CT molecular complexity index is 1240. The number of benzene rings is 1. The second-order valence-electron chi connectivity index (χ2n) is 7.65. The van der Waals surface area contributed by atoms with Crippen molar-refractivity contribution in [1.29, 1.82) is 0 Å². The Hall–Kier alpha value is -2.58. The van der Waals surface area contributed by atoms with Crippen LogP contribution in [0.4, 0.5) is 4.39 Å². The van der Waals surface area contributed by atoms with Crippen LogP contribution in [0.5, 0.6) is 0 Å². The molecule has 0 saturated carbocycles. The maximum absolute atomic E-state index is 13.4. The fourth-order valence-electron chi connectivity index (χ4n) is 4.19. The van der Waals surface area contributed by atoms with E-state index in [1.807, 2.05) is 12.3 Å². The molecule has 8 heteroatoms. The van der Waals surface area contributed by atoms with Crippen molar-refractivity contribution in [3.63, 3.8) is 0 Å². The van der Waals surface area contributed by atoms with Crippen LogP contribution in [0.25, 0.3) is 15.9 Å². The predicted molar refractivity (Wildman–Crippen MR) is 110 cm³/mol. The third-order valence-electron chi connectivity index (χ3n) is 5.72. The second-order valence-corrected chi connectivity index (χ2v) is 8.49. The Morgan fingerprint density at radius 1 is 1.28 bits per heavy atom. The van der Waals surface area contributed by atoms with Crippen LogP contribution in [-0.4, -0.2) is 39.1 Å². The minimum atomic E-state index is -0.305. The van der Waals surface area contributed by atoms with Crippen molar-refractivity contribution in [2.75, 3.05) is 19.6 Å². The number of hydrogen-bond acceptors (Lipinski definition) is 6. The number of rotatable bonds is 4. The van der Waals surface area contributed by atoms with E-state index in [4.69, 9.17) is 4.52 Å². The van der Waals surface area contributed by atoms with E-state index in [9.17, 15) is 9.18 Å². The first-order valence-electron chi connectivity index (χ1n) is 9.82. The summed E-state index contributed by atoms with van der Waals surface area (Å²) in [5.74, 6) is 0.0233. The molecule has 4 aromatic rings. The van der Waals surface area contributed by atoms with Gasteiger partial charge in [0.1, 0.15) is 5.82 Å². The quantitative estimate of drug-likeness (QED) is 0.511. The zero-order valence-corrected chi connectivity index (χ0v) is 16.9. The fourth-order valence-corrected chi connectivity index (χ4v) is 5.16. The van der Waals surface area contributed by atoms with Crippen LogP contribution < -0.4 is 5.56 Å². The summed E-state index contributed by atoms with van der Waals surface area (Å²) in [6.07, 6.45) is 2.80. The number of nitrogens with zero attached hydrogens (tertiary/aromatic N) is 4. The highest BCUT2D eigenvalue weighted by Gasteiger charge is 2.25. The van der Waals surface area contributed by atoms with Gasteiger partial charge in [-0.15, -0.1) is 11.3 Å². The summed E-state index contributed by atoms with van der Waals surface area (Å²) in [6.45, 7) is 4.69. The van der Waals surface area contributed by atoms with Gasteiger partial charge in [0.2, 0.25) is 0 Å². The summed E-state index contributed by atoms with van der Waals surface area (Å²) in [5.41, 5.74) is 3.23. The number of hydrogen-bond donors (Lipinski definition) is 0. The Balaban J connectivity index is 1.24. The molecule has 1 aliphatic rings. The average Bonchev–Trinajstić information content (AvgIpc) is 3.30. The zero-order chi connectivity index (χ0) is 20.0. The van der Waals surface area contributed by atoms with E-state index in [1.165, 1.54) is 23.5 Å². The monoisotopic (exact) mass is 412 g/mol. The molecule has 0 N–H and O–H groups in total. The Labute approximate surface area is 170 Å². The van der Waals surface area contributed by atoms with Crippen molar-refractivity contribution < 1.29 is 8.91 Å². The molecule has 0 aliphatic carbocycles. The number of piperidine rings is 1. The van der Waals surface area contributed by atoms with Gasteiger partial charge in [-0.1, -0.05) is 5.16 Å². The van der Waals surface area contributed by atoms with Gasteiger partial charge in [0.05, 0.1) is 5.69 Å². The Morgan fingerprint density at radius 3 is 2.93 bits per heavy atom. The normalized spacial score (nSPS) is 16.2. The number of fused-ring (bicyclic) bond motifs is 2. The van der Waals surface area contributed by atoms with Crippen LogP contribution in [0.15, 0.2) is 39.0 Å². The highest BCUT2D eigenvalue weighted by atomic mass is 32.1. The van der Waals surface area contributed by atoms with Gasteiger partial charge in [0, 0.05) is 53.2 Å². The van der Waals surface area contributed by atoms with E-state index >= 15 is 0 Å². The van der Waals surface area contributed by atoms with Crippen molar-refractivity contribution in [2.24, 2.45) is 0 Å². The minimum absolute atomic E-state index is 0.00296. The lowest BCUT2D eigenvalue weighted by Gasteiger charge is -2.31. The van der Waals surface area contributed by atoms with Gasteiger partial charge in [-0.2, -0.15) is 0 Å². The van der Waals surface area contributed by atoms with Crippen molar-refractivity contribution in [1.82, 2.24) is 19.4 Å². The molecule has 6 nitrogen and oxygen atoms in total. The third-order valence-corrected chi connectivity index (χ3v) is 6.60. The highest BCUT2D eigenvalue weighted by Crippen LogP contribution is 2.32. The lowest BCUT2D eigenvalue weighted by atomic mass is 9.91. The van der Waals surface area contributed by atoms with Crippen molar-refractivity contribution in [2.45, 2.75) is 32.1 Å². The van der Waals surface area contributed by atoms with Crippen molar-refractivity contribution >= 4 is 27.3 Å². The maximum Gasteiger partial charge on any atom is 0.258 e. The molecule has 0 atom stereocenters. The second kappa shape index (κ2) is 7.35. The van der Waals surface area contributed by atoms with E-state index in [2.05, 4.69) is 15.0 Å². The number of thiazole rings is 1. The van der Waals surface area contributed by atoms with Crippen molar-refractivity contribution in [3.05, 3.63) is 62.9 Å². The molecule has 4 heterocycles. The maximum atomic E-state index is 13.4. The molecule has 1 saturated heterocycles. The Kier molecular flexibility index (Phi) is 4.67. The molecule has 3 aromatic heterocycles. The summed E-state index contributed by atoms with van der Waals surface area (Å²) in [5, 5.41) is 7.17. The lowest BCUT2D eigenvalue weighted by molar-refractivity contribution is 0.211. The van der Waals surface area contributed by atoms with Gasteiger partial charge in [-0.3, -0.25) is 9.20 Å². The summed E-state index contributed by atoms with van der Waals surface area (Å²) in [6, 6.07) is 6.20. The number of aromatic nitrogens is 3. The zero-order valence-electron chi connectivity index (χ0n) is 16.1. The molecule has 0 unspecified atom stereocenters. The van der Waals surface area contributed by atoms with Crippen LogP contribution in [0.1, 0.15) is 35.8 Å². The number of halogens is 1. The third kappa shape index (κ3) is 3.47. The molecular weight excluding hydrogens is 391 g/mol. The molecule has 150 valence electrons. The van der Waals surface area contributed by atoms with Crippen molar-refractivity contribution in [3.8, 4) is 0 Å². The predicted octanol–water partition coefficient (Wildman–Crippen LogP) is 3.77. The molecule has 1 aliphatic heterocycles. The minimum Gasteiger partial charge on any atom is -0.356 e. The van der Waals surface area contributed by atoms with Gasteiger partial charge in [0.15, 0.2) is 10.5 Å². The van der Waals surface area contributed by atoms with E-state index in [-0.39, 0.29) is 11.4 Å². The first-order valence-corrected chi connectivity index (χ1v) is 10.7. The largest absolute Gasteiger partial charge is 0.356 e. The van der Waals surface area contributed by atoms with Crippen LogP contribution in [0.3, 0.4) is 0 Å². The Morgan fingerprint density at radius 2 is 2.10 bits per heavy atom. The van der Waals surface area contributed by atoms with Gasteiger partial charge >= 0.3 is 0 Å². The molecule has 1 fully saturated rings. The first kappa shape index (κ1) is 18.4. The van der Waals surface area contributed by atoms with E-state index < -0.39 is 0 Å². The topological polar surface area (TPSA) is 63.6 Å². The van der Waals surface area contributed by atoms with Gasteiger partial charge in [-0.05, 0) is 45.0 Å². The smallest absolute Gasteiger partial charge is 0.258 e. The molecule has 0 bridgehead atoms. The molecule has 0 spiro atoms. The summed E-state index contributed by atoms with van der Waals surface area (Å²) < 4.78 is 20.4. The van der Waals surface area contributed by atoms with E-state index in [0.29, 0.717) is 11.5 Å². The van der Waals surface area contributed by atoms with Crippen LogP contribution in [0, 0.1) is 12.7 Å². The van der Waals surface area contributed by atoms with Crippen LogP contribution in [0.2, 0.25) is 0 Å². The lowest BCUT2D eigenvalue weighted by Crippen LogP contribution is -2.35. The standard InChI is InChI=1S/C21H21FN4O2S/c1-13-10-19(27)26-16(12-29-21(26)23-13)6-9-25-7-4-14(5-8-25)20-17-3-2-15(22)11-18(17)28-24-20/h2-3,10-12,14H,4-9H2,1H3. The van der Waals surface area contributed by atoms with Gasteiger partial charge in [0.25, 0.3) is 5.56 Å². The van der Waals surface area contributed by atoms with E-state index in [0.717, 1.165) is 66.3 Å². The molecule has 0 radical (unpaired) electrons. The van der Waals surface area contributed by atoms with Gasteiger partial charge < -0.3 is 9.42 Å². The summed E-state index contributed by atoms with van der Waals surface area (Å²) in [4.78, 5) is 19.9. The van der Waals surface area contributed by atoms with Crippen LogP contribution in [-0.2, 0) is 6.42 Å². The van der Waals surface area contributed by atoms with E-state index in [1.54, 1.807) is 16.5 Å². The fraction of sp³-hybridized carbons (Fsp3) is 0.381. The summed E-state index contributed by atoms with van der Waals surface area (Å²) >= 11 is 1.52. The molecule has 5 rings (SSSR count). The SMILES string of the molecule is Cc1cc(=O)n2c(CCN3CCC(c4noc5cc(F)ccc45)CC3)csc2n1. The van der Waals surface area contributed by atoms with Gasteiger partial charge in [-0.25, -0.2) is 9.37 Å². The molecule has 0 amide bonds. The molecule has 1 aromatic carbocycles.